The van der Waals surface area contributed by atoms with E-state index in [0.29, 0.717) is 5.57 Å². The summed E-state index contributed by atoms with van der Waals surface area (Å²) in [6, 6.07) is -0.523. The number of amides is 3. The summed E-state index contributed by atoms with van der Waals surface area (Å²) in [5, 5.41) is 5.47. The Hall–Kier alpha value is -4.58. The lowest BCUT2D eigenvalue weighted by Crippen LogP contribution is -2.47. The van der Waals surface area contributed by atoms with Crippen molar-refractivity contribution in [2.24, 2.45) is 17.6 Å². The number of Topliss-reactive ketones (excluding diaryl/α,β-unsaturated/α-hetero) is 1. The van der Waals surface area contributed by atoms with Gasteiger partial charge in [0.25, 0.3) is 5.91 Å². The van der Waals surface area contributed by atoms with Crippen molar-refractivity contribution in [2.45, 2.75) is 84.8 Å². The maximum Gasteiger partial charge on any atom is 0.422 e. The van der Waals surface area contributed by atoms with E-state index in [1.165, 1.54) is 45.4 Å². The van der Waals surface area contributed by atoms with Crippen molar-refractivity contribution in [2.75, 3.05) is 20.8 Å². The van der Waals surface area contributed by atoms with Gasteiger partial charge in [0.1, 0.15) is 12.2 Å². The molecule has 0 unspecified atom stereocenters. The monoisotopic (exact) mass is 749 g/mol. The molecule has 1 heterocycles. The second kappa shape index (κ2) is 19.9. The minimum absolute atomic E-state index is 0.0353. The number of rotatable bonds is 10. The van der Waals surface area contributed by atoms with Gasteiger partial charge >= 0.3 is 22.4 Å². The topological polar surface area (TPSA) is 231 Å². The number of carbonyl (C=O) groups excluding carboxylic acids is 5. The van der Waals surface area contributed by atoms with Crippen molar-refractivity contribution in [3.63, 3.8) is 0 Å². The smallest absolute Gasteiger partial charge is 0.422 e. The molecule has 16 nitrogen and oxygen atoms in total. The molecule has 2 aliphatic rings. The number of carbonyl (C=O) groups is 5. The molecule has 288 valence electrons. The quantitative estimate of drug-likeness (QED) is 0.160. The first kappa shape index (κ1) is 43.6. The molecule has 3 amide bonds. The number of methoxy groups -OCH3 is 2. The van der Waals surface area contributed by atoms with Gasteiger partial charge in [-0.15, -0.1) is 6.58 Å². The van der Waals surface area contributed by atoms with E-state index in [-0.39, 0.29) is 41.9 Å². The van der Waals surface area contributed by atoms with Crippen molar-refractivity contribution in [3.05, 3.63) is 71.1 Å². The lowest BCUT2D eigenvalue weighted by Gasteiger charge is -2.32. The summed E-state index contributed by atoms with van der Waals surface area (Å²) in [4.78, 5) is 65.3. The van der Waals surface area contributed by atoms with Crippen LogP contribution in [0.25, 0.3) is 0 Å². The molecule has 6 atom stereocenters. The van der Waals surface area contributed by atoms with Crippen LogP contribution in [0.4, 0.5) is 9.59 Å². The molecule has 0 aromatic carbocycles. The number of allylic oxidation sites excluding steroid dienone is 4. The van der Waals surface area contributed by atoms with E-state index in [0.717, 1.165) is 6.08 Å². The van der Waals surface area contributed by atoms with Gasteiger partial charge in [0.2, 0.25) is 11.6 Å². The molecule has 1 aliphatic carbocycles. The zero-order valence-corrected chi connectivity index (χ0v) is 31.6. The first-order chi connectivity index (χ1) is 24.3. The Kier molecular flexibility index (Phi) is 16.7. The van der Waals surface area contributed by atoms with Gasteiger partial charge in [-0.3, -0.25) is 14.4 Å². The molecule has 2 bridgehead atoms. The zero-order chi connectivity index (χ0) is 39.3. The summed E-state index contributed by atoms with van der Waals surface area (Å²) in [6.07, 6.45) is 2.39. The fourth-order valence-corrected chi connectivity index (χ4v) is 6.67. The minimum atomic E-state index is -4.29. The standard InChI is InChI=1S/C35H51N5O11S/c1-10-14-37-29-24-15-20(4)16-28(49-9)32(51-35(45)40-52(46,47)39-19(2)3)23(7)17-22(6)31(50-34(36)44)27(48-8)13-11-12-21(5)33(43)38-25(30(24)42)18-26(29)41/h10-13,17-20,23,27-28,31-32,37,39H,1,14-16H2,2-9H3,(H2,36,44)(H,38,43)(H,40,45)/b13-11-,21-12+,22-17+/t20-,23+,27-,28+,31+,32+/m1/s1. The van der Waals surface area contributed by atoms with Crippen molar-refractivity contribution in [1.82, 2.24) is 20.1 Å². The highest BCUT2D eigenvalue weighted by atomic mass is 32.2. The van der Waals surface area contributed by atoms with Crippen molar-refractivity contribution in [3.8, 4) is 0 Å². The number of nitrogens with two attached hydrogens (primary N) is 1. The molecule has 0 fully saturated rings. The van der Waals surface area contributed by atoms with Gasteiger partial charge in [-0.1, -0.05) is 44.2 Å². The molecule has 1 aliphatic heterocycles. The lowest BCUT2D eigenvalue weighted by molar-refractivity contribution is -0.120. The Labute approximate surface area is 305 Å². The Bertz CT molecular complexity index is 1640. The van der Waals surface area contributed by atoms with Crippen LogP contribution in [0.1, 0.15) is 54.4 Å². The van der Waals surface area contributed by atoms with E-state index in [1.54, 1.807) is 40.7 Å². The van der Waals surface area contributed by atoms with Crippen molar-refractivity contribution >= 4 is 39.9 Å². The third-order valence-electron chi connectivity index (χ3n) is 8.03. The molecule has 0 saturated heterocycles. The van der Waals surface area contributed by atoms with Crippen molar-refractivity contribution in [1.29, 1.82) is 0 Å². The lowest BCUT2D eigenvalue weighted by atomic mass is 9.85. The van der Waals surface area contributed by atoms with Crippen LogP contribution in [-0.4, -0.2) is 89.3 Å². The van der Waals surface area contributed by atoms with Gasteiger partial charge < -0.3 is 35.3 Å². The second-order valence-electron chi connectivity index (χ2n) is 12.9. The van der Waals surface area contributed by atoms with Crippen LogP contribution in [0, 0.1) is 11.8 Å². The maximum absolute atomic E-state index is 13.8. The Morgan fingerprint density at radius 3 is 2.37 bits per heavy atom. The van der Waals surface area contributed by atoms with Gasteiger partial charge in [0.05, 0.1) is 17.5 Å². The van der Waals surface area contributed by atoms with Gasteiger partial charge in [0.15, 0.2) is 6.10 Å². The molecule has 0 saturated carbocycles. The Morgan fingerprint density at radius 1 is 1.12 bits per heavy atom. The summed E-state index contributed by atoms with van der Waals surface area (Å²) >= 11 is 0. The van der Waals surface area contributed by atoms with Crippen LogP contribution < -0.4 is 25.8 Å². The highest BCUT2D eigenvalue weighted by molar-refractivity contribution is 7.88. The summed E-state index contributed by atoms with van der Waals surface area (Å²) in [5.74, 6) is -2.87. The molecule has 0 aromatic heterocycles. The Balaban J connectivity index is 2.76. The van der Waals surface area contributed by atoms with E-state index < -0.39 is 82.2 Å². The highest BCUT2D eigenvalue weighted by Gasteiger charge is 2.36. The molecule has 6 N–H and O–H groups in total. The zero-order valence-electron chi connectivity index (χ0n) is 30.8. The number of ketones is 2. The number of nitrogens with one attached hydrogen (secondary N) is 4. The molecule has 0 radical (unpaired) electrons. The molecular weight excluding hydrogens is 698 g/mol. The van der Waals surface area contributed by atoms with Crippen LogP contribution >= 0.6 is 0 Å². The van der Waals surface area contributed by atoms with Gasteiger partial charge in [-0.2, -0.15) is 13.1 Å². The third-order valence-corrected chi connectivity index (χ3v) is 9.25. The molecular formula is C35H51N5O11S. The number of ether oxygens (including phenoxy) is 4. The SMILES string of the molecule is C=CCNC1=C2C[C@@H](C)C[C@H](OC)[C@@H](OC(=O)NS(=O)(=O)NC(C)C)[C@@H](C)/C=C(\C)[C@H](OC(N)=O)[C@H](OC)/C=C\C=C(/C)C(=O)NC(=CC1=O)C2=O. The molecule has 2 rings (SSSR count). The summed E-state index contributed by atoms with van der Waals surface area (Å²) < 4.78 is 51.7. The summed E-state index contributed by atoms with van der Waals surface area (Å²) in [6.45, 7) is 13.6. The molecule has 0 spiro atoms. The van der Waals surface area contributed by atoms with Crippen LogP contribution in [0.15, 0.2) is 71.1 Å². The highest BCUT2D eigenvalue weighted by Crippen LogP contribution is 2.30. The first-order valence-electron chi connectivity index (χ1n) is 16.6. The predicted octanol–water partition coefficient (Wildman–Crippen LogP) is 2.51. The molecule has 17 heteroatoms. The van der Waals surface area contributed by atoms with E-state index in [9.17, 15) is 32.4 Å². The van der Waals surface area contributed by atoms with Crippen LogP contribution in [-0.2, 0) is 43.5 Å². The normalized spacial score (nSPS) is 28.0. The Morgan fingerprint density at radius 2 is 1.79 bits per heavy atom. The van der Waals surface area contributed by atoms with E-state index in [4.69, 9.17) is 24.7 Å². The average molecular weight is 750 g/mol. The van der Waals surface area contributed by atoms with Gasteiger partial charge in [-0.25, -0.2) is 14.3 Å². The summed E-state index contributed by atoms with van der Waals surface area (Å²) in [5.41, 5.74) is 5.97. The third kappa shape index (κ3) is 12.9. The van der Waals surface area contributed by atoms with Crippen LogP contribution in [0.3, 0.4) is 0 Å². The summed E-state index contributed by atoms with van der Waals surface area (Å²) in [7, 11) is -1.54. The second-order valence-corrected chi connectivity index (χ2v) is 14.3. The molecule has 0 aromatic rings. The number of fused-ring (bicyclic) bond motifs is 2. The van der Waals surface area contributed by atoms with Crippen molar-refractivity contribution < 1.29 is 51.3 Å². The van der Waals surface area contributed by atoms with Gasteiger partial charge in [-0.05, 0) is 52.0 Å². The predicted molar refractivity (Wildman–Crippen MR) is 192 cm³/mol. The fraction of sp³-hybridized carbons (Fsp3) is 0.514. The average Bonchev–Trinajstić information content (AvgIpc) is 3.04. The number of hydrogen-bond acceptors (Lipinski definition) is 12. The largest absolute Gasteiger partial charge is 0.442 e. The minimum Gasteiger partial charge on any atom is -0.442 e. The van der Waals surface area contributed by atoms with Crippen LogP contribution in [0.5, 0.6) is 0 Å². The molecule has 52 heavy (non-hydrogen) atoms. The fourth-order valence-electron chi connectivity index (χ4n) is 5.72. The van der Waals surface area contributed by atoms with E-state index in [2.05, 4.69) is 21.9 Å². The maximum atomic E-state index is 13.8. The van der Waals surface area contributed by atoms with Gasteiger partial charge in [0, 0.05) is 49.9 Å². The first-order valence-corrected chi connectivity index (χ1v) is 18.1. The van der Waals surface area contributed by atoms with Crippen LogP contribution in [0.2, 0.25) is 0 Å². The number of hydrogen-bond donors (Lipinski definition) is 5. The van der Waals surface area contributed by atoms with E-state index in [1.807, 2.05) is 4.72 Å². The van der Waals surface area contributed by atoms with E-state index >= 15 is 0 Å². The number of primary amides is 1.